The molecule has 1 heterocycles. The lowest BCUT2D eigenvalue weighted by Crippen LogP contribution is -2.33. The molecule has 18 heavy (non-hydrogen) atoms. The molecule has 1 aliphatic rings. The molecule has 0 radical (unpaired) electrons. The van der Waals surface area contributed by atoms with E-state index >= 15 is 0 Å². The van der Waals surface area contributed by atoms with Gasteiger partial charge in [0.1, 0.15) is 11.5 Å². The monoisotopic (exact) mass is 251 g/mol. The van der Waals surface area contributed by atoms with Crippen LogP contribution in [0.3, 0.4) is 0 Å². The molecule has 1 aromatic carbocycles. The highest BCUT2D eigenvalue weighted by Crippen LogP contribution is 2.39. The first-order valence-electron chi connectivity index (χ1n) is 5.54. The SMILES string of the molecule is COc1ccc2c(c1)C(C[N+](=O)[O-])C(C)C(=O)O2. The minimum Gasteiger partial charge on any atom is -0.497 e. The summed E-state index contributed by atoms with van der Waals surface area (Å²) in [5, 5.41) is 10.7. The average molecular weight is 251 g/mol. The zero-order chi connectivity index (χ0) is 13.3. The van der Waals surface area contributed by atoms with E-state index < -0.39 is 22.7 Å². The van der Waals surface area contributed by atoms with Gasteiger partial charge in [0.25, 0.3) is 0 Å². The molecule has 0 amide bonds. The van der Waals surface area contributed by atoms with Gasteiger partial charge in [0, 0.05) is 10.5 Å². The highest BCUT2D eigenvalue weighted by atomic mass is 16.6. The largest absolute Gasteiger partial charge is 0.497 e. The number of hydrogen-bond acceptors (Lipinski definition) is 5. The number of hydrogen-bond donors (Lipinski definition) is 0. The number of methoxy groups -OCH3 is 1. The van der Waals surface area contributed by atoms with Crippen LogP contribution in [0.2, 0.25) is 0 Å². The zero-order valence-electron chi connectivity index (χ0n) is 10.1. The molecule has 1 aliphatic heterocycles. The molecule has 96 valence electrons. The Morgan fingerprint density at radius 2 is 2.22 bits per heavy atom. The van der Waals surface area contributed by atoms with Gasteiger partial charge < -0.3 is 9.47 Å². The maximum absolute atomic E-state index is 11.6. The summed E-state index contributed by atoms with van der Waals surface area (Å²) in [5.41, 5.74) is 0.651. The van der Waals surface area contributed by atoms with Crippen molar-refractivity contribution in [2.75, 3.05) is 13.7 Å². The van der Waals surface area contributed by atoms with E-state index in [1.54, 1.807) is 25.1 Å². The third-order valence-corrected chi connectivity index (χ3v) is 3.15. The summed E-state index contributed by atoms with van der Waals surface area (Å²) < 4.78 is 10.2. The molecule has 2 unspecified atom stereocenters. The molecule has 6 nitrogen and oxygen atoms in total. The van der Waals surface area contributed by atoms with Crippen LogP contribution in [0.5, 0.6) is 11.5 Å². The van der Waals surface area contributed by atoms with Gasteiger partial charge in [-0.05, 0) is 18.2 Å². The van der Waals surface area contributed by atoms with Crippen molar-refractivity contribution in [2.24, 2.45) is 5.92 Å². The van der Waals surface area contributed by atoms with E-state index in [-0.39, 0.29) is 6.54 Å². The van der Waals surface area contributed by atoms with Gasteiger partial charge >= 0.3 is 5.97 Å². The van der Waals surface area contributed by atoms with Crippen LogP contribution >= 0.6 is 0 Å². The van der Waals surface area contributed by atoms with E-state index in [9.17, 15) is 14.9 Å². The molecule has 0 N–H and O–H groups in total. The van der Waals surface area contributed by atoms with E-state index in [1.807, 2.05) is 0 Å². The lowest BCUT2D eigenvalue weighted by atomic mass is 9.84. The van der Waals surface area contributed by atoms with E-state index in [2.05, 4.69) is 0 Å². The van der Waals surface area contributed by atoms with Crippen molar-refractivity contribution in [3.63, 3.8) is 0 Å². The molecule has 1 aromatic rings. The quantitative estimate of drug-likeness (QED) is 0.353. The van der Waals surface area contributed by atoms with E-state index in [0.717, 1.165) is 0 Å². The van der Waals surface area contributed by atoms with Crippen LogP contribution in [0.15, 0.2) is 18.2 Å². The highest BCUT2D eigenvalue weighted by molar-refractivity contribution is 5.79. The van der Waals surface area contributed by atoms with Crippen LogP contribution in [-0.2, 0) is 4.79 Å². The van der Waals surface area contributed by atoms with Gasteiger partial charge in [0.2, 0.25) is 6.54 Å². The van der Waals surface area contributed by atoms with Gasteiger partial charge in [0.05, 0.1) is 18.9 Å². The zero-order valence-corrected chi connectivity index (χ0v) is 10.1. The van der Waals surface area contributed by atoms with Crippen LogP contribution in [0.25, 0.3) is 0 Å². The molecular weight excluding hydrogens is 238 g/mol. The van der Waals surface area contributed by atoms with Gasteiger partial charge in [0.15, 0.2) is 0 Å². The summed E-state index contributed by atoms with van der Waals surface area (Å²) in [6.45, 7) is 1.34. The number of esters is 1. The molecule has 0 spiro atoms. The second-order valence-electron chi connectivity index (χ2n) is 4.24. The van der Waals surface area contributed by atoms with E-state index in [0.29, 0.717) is 17.1 Å². The summed E-state index contributed by atoms with van der Waals surface area (Å²) in [7, 11) is 1.52. The van der Waals surface area contributed by atoms with Crippen molar-refractivity contribution in [3.05, 3.63) is 33.9 Å². The second kappa shape index (κ2) is 4.64. The van der Waals surface area contributed by atoms with Crippen molar-refractivity contribution in [1.29, 1.82) is 0 Å². The summed E-state index contributed by atoms with van der Waals surface area (Å²) in [6.07, 6.45) is 0. The predicted molar refractivity (Wildman–Crippen MR) is 62.4 cm³/mol. The normalized spacial score (nSPS) is 22.0. The first-order valence-corrected chi connectivity index (χ1v) is 5.54. The number of nitro groups is 1. The summed E-state index contributed by atoms with van der Waals surface area (Å²) in [5.74, 6) is -0.473. The molecule has 2 rings (SSSR count). The van der Waals surface area contributed by atoms with Crippen LogP contribution < -0.4 is 9.47 Å². The van der Waals surface area contributed by atoms with Crippen molar-refractivity contribution in [2.45, 2.75) is 12.8 Å². The Labute approximate surface area is 104 Å². The van der Waals surface area contributed by atoms with E-state index in [1.165, 1.54) is 7.11 Å². The Morgan fingerprint density at radius 1 is 1.50 bits per heavy atom. The molecule has 0 fully saturated rings. The van der Waals surface area contributed by atoms with E-state index in [4.69, 9.17) is 9.47 Å². The molecule has 6 heteroatoms. The Morgan fingerprint density at radius 3 is 2.83 bits per heavy atom. The van der Waals surface area contributed by atoms with Crippen molar-refractivity contribution in [1.82, 2.24) is 0 Å². The van der Waals surface area contributed by atoms with Crippen LogP contribution in [0, 0.1) is 16.0 Å². The lowest BCUT2D eigenvalue weighted by molar-refractivity contribution is -0.484. The molecule has 0 aliphatic carbocycles. The molecule has 0 aromatic heterocycles. The highest BCUT2D eigenvalue weighted by Gasteiger charge is 2.37. The Bertz CT molecular complexity index is 499. The Hall–Kier alpha value is -2.11. The number of ether oxygens (including phenoxy) is 2. The summed E-state index contributed by atoms with van der Waals surface area (Å²) >= 11 is 0. The molecule has 0 saturated carbocycles. The van der Waals surface area contributed by atoms with Crippen LogP contribution in [0.1, 0.15) is 18.4 Å². The van der Waals surface area contributed by atoms with Gasteiger partial charge in [-0.2, -0.15) is 0 Å². The fraction of sp³-hybridized carbons (Fsp3) is 0.417. The number of nitrogens with zero attached hydrogens (tertiary/aromatic N) is 1. The Balaban J connectivity index is 2.45. The first-order chi connectivity index (χ1) is 8.52. The average Bonchev–Trinajstić information content (AvgIpc) is 2.34. The smallest absolute Gasteiger partial charge is 0.314 e. The third-order valence-electron chi connectivity index (χ3n) is 3.15. The van der Waals surface area contributed by atoms with Crippen LogP contribution in [-0.4, -0.2) is 24.5 Å². The van der Waals surface area contributed by atoms with Crippen LogP contribution in [0.4, 0.5) is 0 Å². The number of benzene rings is 1. The van der Waals surface area contributed by atoms with Crippen molar-refractivity contribution < 1.29 is 19.2 Å². The summed E-state index contributed by atoms with van der Waals surface area (Å²) in [6, 6.07) is 4.95. The fourth-order valence-corrected chi connectivity index (χ4v) is 2.09. The summed E-state index contributed by atoms with van der Waals surface area (Å²) in [4.78, 5) is 21.9. The van der Waals surface area contributed by atoms with Gasteiger partial charge in [-0.1, -0.05) is 6.92 Å². The van der Waals surface area contributed by atoms with Crippen molar-refractivity contribution >= 4 is 5.97 Å². The molecule has 0 bridgehead atoms. The topological polar surface area (TPSA) is 78.7 Å². The maximum Gasteiger partial charge on any atom is 0.314 e. The van der Waals surface area contributed by atoms with Gasteiger partial charge in [-0.3, -0.25) is 14.9 Å². The maximum atomic E-state index is 11.6. The minimum atomic E-state index is -0.532. The molecular formula is C12H13NO5. The van der Waals surface area contributed by atoms with Gasteiger partial charge in [-0.15, -0.1) is 0 Å². The predicted octanol–water partition coefficient (Wildman–Crippen LogP) is 1.61. The standard InChI is InChI=1S/C12H13NO5/c1-7-10(6-13(15)16)9-5-8(17-2)3-4-11(9)18-12(7)14/h3-5,7,10H,6H2,1-2H3. The fourth-order valence-electron chi connectivity index (χ4n) is 2.09. The number of carbonyl (C=O) groups excluding carboxylic acids is 1. The first kappa shape index (κ1) is 12.3. The number of carbonyl (C=O) groups is 1. The Kier molecular flexibility index (Phi) is 3.18. The third kappa shape index (κ3) is 2.13. The molecule has 2 atom stereocenters. The van der Waals surface area contributed by atoms with Gasteiger partial charge in [-0.25, -0.2) is 0 Å². The number of fused-ring (bicyclic) bond motifs is 1. The number of rotatable bonds is 3. The molecule has 0 saturated heterocycles. The lowest BCUT2D eigenvalue weighted by Gasteiger charge is -2.27. The second-order valence-corrected chi connectivity index (χ2v) is 4.24. The minimum absolute atomic E-state index is 0.295. The van der Waals surface area contributed by atoms with Crippen molar-refractivity contribution in [3.8, 4) is 11.5 Å².